The van der Waals surface area contributed by atoms with Crippen molar-refractivity contribution in [3.8, 4) is 5.75 Å². The zero-order valence-electron chi connectivity index (χ0n) is 14.9. The Morgan fingerprint density at radius 3 is 2.42 bits per heavy atom. The molecule has 0 aliphatic carbocycles. The van der Waals surface area contributed by atoms with Gasteiger partial charge in [-0.3, -0.25) is 9.69 Å². The van der Waals surface area contributed by atoms with Crippen LogP contribution in [0.3, 0.4) is 0 Å². The van der Waals surface area contributed by atoms with Crippen LogP contribution in [0, 0.1) is 5.82 Å². The highest BCUT2D eigenvalue weighted by Crippen LogP contribution is 2.33. The van der Waals surface area contributed by atoms with Gasteiger partial charge in [0.2, 0.25) is 5.91 Å². The van der Waals surface area contributed by atoms with Gasteiger partial charge in [0, 0.05) is 32.1 Å². The molecular weight excluding hydrogens is 331 g/mol. The van der Waals surface area contributed by atoms with Crippen LogP contribution in [0.25, 0.3) is 0 Å². The average Bonchev–Trinajstić information content (AvgIpc) is 2.97. The van der Waals surface area contributed by atoms with Crippen molar-refractivity contribution in [2.75, 3.05) is 26.7 Å². The van der Waals surface area contributed by atoms with Crippen molar-refractivity contribution in [1.29, 1.82) is 0 Å². The summed E-state index contributed by atoms with van der Waals surface area (Å²) in [5, 5.41) is 0. The van der Waals surface area contributed by atoms with E-state index in [4.69, 9.17) is 4.74 Å². The van der Waals surface area contributed by atoms with Crippen LogP contribution >= 0.6 is 0 Å². The predicted molar refractivity (Wildman–Crippen MR) is 97.5 cm³/mol. The summed E-state index contributed by atoms with van der Waals surface area (Å²) in [5.74, 6) is 1.30. The minimum Gasteiger partial charge on any atom is -0.497 e. The molecule has 4 rings (SSSR count). The van der Waals surface area contributed by atoms with E-state index >= 15 is 0 Å². The standard InChI is InChI=1S/C21H23FN2O2/c1-26-19-8-4-16(5-9-19)17-13-24(14-17)20-10-11-23(21(20)25)12-15-2-6-18(22)7-3-15/h2-9,17,20H,10-14H2,1H3. The molecule has 0 radical (unpaired) electrons. The molecule has 2 fully saturated rings. The summed E-state index contributed by atoms with van der Waals surface area (Å²) in [7, 11) is 1.67. The van der Waals surface area contributed by atoms with E-state index in [-0.39, 0.29) is 17.8 Å². The molecule has 2 aromatic carbocycles. The second kappa shape index (κ2) is 7.08. The van der Waals surface area contributed by atoms with Crippen LogP contribution in [0.1, 0.15) is 23.5 Å². The number of hydrogen-bond acceptors (Lipinski definition) is 3. The quantitative estimate of drug-likeness (QED) is 0.827. The molecule has 2 saturated heterocycles. The average molecular weight is 354 g/mol. The molecule has 2 heterocycles. The zero-order chi connectivity index (χ0) is 18.1. The van der Waals surface area contributed by atoms with Gasteiger partial charge >= 0.3 is 0 Å². The van der Waals surface area contributed by atoms with E-state index in [0.717, 1.165) is 37.4 Å². The topological polar surface area (TPSA) is 32.8 Å². The highest BCUT2D eigenvalue weighted by atomic mass is 19.1. The Hall–Kier alpha value is -2.40. The van der Waals surface area contributed by atoms with E-state index < -0.39 is 0 Å². The number of ether oxygens (including phenoxy) is 1. The van der Waals surface area contributed by atoms with Gasteiger partial charge < -0.3 is 9.64 Å². The van der Waals surface area contributed by atoms with Crippen LogP contribution in [0.2, 0.25) is 0 Å². The Kier molecular flexibility index (Phi) is 4.64. The molecule has 0 saturated carbocycles. The Labute approximate surface area is 153 Å². The third-order valence-electron chi connectivity index (χ3n) is 5.49. The molecule has 1 unspecified atom stereocenters. The third kappa shape index (κ3) is 3.31. The number of likely N-dealkylation sites (tertiary alicyclic amines) is 2. The van der Waals surface area contributed by atoms with Gasteiger partial charge in [0.05, 0.1) is 13.2 Å². The minimum atomic E-state index is -0.246. The number of carbonyl (C=O) groups excluding carboxylic acids is 1. The fourth-order valence-corrected chi connectivity index (χ4v) is 3.88. The first kappa shape index (κ1) is 17.0. The number of hydrogen-bond donors (Lipinski definition) is 0. The Balaban J connectivity index is 1.32. The smallest absolute Gasteiger partial charge is 0.240 e. The molecule has 2 aliphatic heterocycles. The molecule has 26 heavy (non-hydrogen) atoms. The highest BCUT2D eigenvalue weighted by Gasteiger charge is 2.41. The second-order valence-electron chi connectivity index (χ2n) is 7.11. The van der Waals surface area contributed by atoms with Crippen molar-refractivity contribution in [1.82, 2.24) is 9.80 Å². The minimum absolute atomic E-state index is 0.00931. The SMILES string of the molecule is COc1ccc(C2CN(C3CCN(Cc4ccc(F)cc4)C3=O)C2)cc1. The summed E-state index contributed by atoms with van der Waals surface area (Å²) in [5.41, 5.74) is 2.27. The lowest BCUT2D eigenvalue weighted by atomic mass is 9.89. The monoisotopic (exact) mass is 354 g/mol. The van der Waals surface area contributed by atoms with Crippen molar-refractivity contribution in [3.05, 3.63) is 65.5 Å². The fourth-order valence-electron chi connectivity index (χ4n) is 3.88. The number of benzene rings is 2. The molecular formula is C21H23FN2O2. The van der Waals surface area contributed by atoms with Crippen LogP contribution in [-0.2, 0) is 11.3 Å². The molecule has 0 spiro atoms. The number of amides is 1. The van der Waals surface area contributed by atoms with Crippen LogP contribution < -0.4 is 4.74 Å². The highest BCUT2D eigenvalue weighted by molar-refractivity contribution is 5.84. The zero-order valence-corrected chi connectivity index (χ0v) is 14.9. The lowest BCUT2D eigenvalue weighted by Gasteiger charge is -2.42. The lowest BCUT2D eigenvalue weighted by molar-refractivity contribution is -0.134. The van der Waals surface area contributed by atoms with Crippen LogP contribution in [0.4, 0.5) is 4.39 Å². The first-order valence-corrected chi connectivity index (χ1v) is 9.05. The summed E-state index contributed by atoms with van der Waals surface area (Å²) in [6.07, 6.45) is 0.870. The van der Waals surface area contributed by atoms with E-state index in [9.17, 15) is 9.18 Å². The summed E-state index contributed by atoms with van der Waals surface area (Å²) in [6.45, 7) is 3.18. The molecule has 136 valence electrons. The number of methoxy groups -OCH3 is 1. The molecule has 0 aromatic heterocycles. The van der Waals surface area contributed by atoms with Crippen molar-refractivity contribution in [2.24, 2.45) is 0 Å². The number of rotatable bonds is 5. The van der Waals surface area contributed by atoms with E-state index in [1.807, 2.05) is 17.0 Å². The molecule has 2 aliphatic rings. The van der Waals surface area contributed by atoms with Gasteiger partial charge in [-0.05, 0) is 41.8 Å². The van der Waals surface area contributed by atoms with Crippen molar-refractivity contribution < 1.29 is 13.9 Å². The maximum atomic E-state index is 13.0. The summed E-state index contributed by atoms with van der Waals surface area (Å²) < 4.78 is 18.2. The molecule has 1 atom stereocenters. The first-order chi connectivity index (χ1) is 12.6. The van der Waals surface area contributed by atoms with E-state index in [1.165, 1.54) is 17.7 Å². The Bertz CT molecular complexity index is 770. The predicted octanol–water partition coefficient (Wildman–Crippen LogP) is 3.03. The number of halogens is 1. The van der Waals surface area contributed by atoms with Gasteiger partial charge in [0.1, 0.15) is 11.6 Å². The normalized spacial score (nSPS) is 21.1. The molecule has 0 N–H and O–H groups in total. The van der Waals surface area contributed by atoms with Gasteiger partial charge in [0.15, 0.2) is 0 Å². The van der Waals surface area contributed by atoms with Crippen LogP contribution in [0.15, 0.2) is 48.5 Å². The van der Waals surface area contributed by atoms with Gasteiger partial charge in [-0.2, -0.15) is 0 Å². The molecule has 4 nitrogen and oxygen atoms in total. The van der Waals surface area contributed by atoms with Gasteiger partial charge in [-0.25, -0.2) is 4.39 Å². The Morgan fingerprint density at radius 2 is 1.77 bits per heavy atom. The lowest BCUT2D eigenvalue weighted by Crippen LogP contribution is -2.53. The van der Waals surface area contributed by atoms with Crippen molar-refractivity contribution in [2.45, 2.75) is 24.9 Å². The third-order valence-corrected chi connectivity index (χ3v) is 5.49. The maximum absolute atomic E-state index is 13.0. The molecule has 2 aromatic rings. The summed E-state index contributed by atoms with van der Waals surface area (Å²) >= 11 is 0. The maximum Gasteiger partial charge on any atom is 0.240 e. The van der Waals surface area contributed by atoms with Crippen LogP contribution in [-0.4, -0.2) is 48.5 Å². The molecule has 1 amide bonds. The van der Waals surface area contributed by atoms with Gasteiger partial charge in [0.25, 0.3) is 0 Å². The largest absolute Gasteiger partial charge is 0.497 e. The molecule has 5 heteroatoms. The summed E-state index contributed by atoms with van der Waals surface area (Å²) in [4.78, 5) is 16.9. The first-order valence-electron chi connectivity index (χ1n) is 9.05. The summed E-state index contributed by atoms with van der Waals surface area (Å²) in [6, 6.07) is 14.6. The van der Waals surface area contributed by atoms with E-state index in [2.05, 4.69) is 17.0 Å². The van der Waals surface area contributed by atoms with E-state index in [1.54, 1.807) is 19.2 Å². The second-order valence-corrected chi connectivity index (χ2v) is 7.11. The van der Waals surface area contributed by atoms with Gasteiger partial charge in [-0.15, -0.1) is 0 Å². The fraction of sp³-hybridized carbons (Fsp3) is 0.381. The number of nitrogens with zero attached hydrogens (tertiary/aromatic N) is 2. The van der Waals surface area contributed by atoms with Crippen molar-refractivity contribution >= 4 is 5.91 Å². The molecule has 0 bridgehead atoms. The van der Waals surface area contributed by atoms with Crippen molar-refractivity contribution in [3.63, 3.8) is 0 Å². The Morgan fingerprint density at radius 1 is 1.08 bits per heavy atom. The van der Waals surface area contributed by atoms with Gasteiger partial charge in [-0.1, -0.05) is 24.3 Å². The van der Waals surface area contributed by atoms with Crippen LogP contribution in [0.5, 0.6) is 5.75 Å². The van der Waals surface area contributed by atoms with E-state index in [0.29, 0.717) is 12.5 Å². The number of carbonyl (C=O) groups is 1.